The fourth-order valence-corrected chi connectivity index (χ4v) is 3.96. The summed E-state index contributed by atoms with van der Waals surface area (Å²) in [7, 11) is 1.52. The van der Waals surface area contributed by atoms with Crippen LogP contribution in [0.5, 0.6) is 5.75 Å². The number of fused-ring (bicyclic) bond motifs is 1. The summed E-state index contributed by atoms with van der Waals surface area (Å²) in [6.07, 6.45) is 4.92. The van der Waals surface area contributed by atoms with Gasteiger partial charge in [0.25, 0.3) is 0 Å². The fourth-order valence-electron chi connectivity index (χ4n) is 3.96. The predicted octanol–water partition coefficient (Wildman–Crippen LogP) is 4.62. The van der Waals surface area contributed by atoms with Gasteiger partial charge < -0.3 is 19.6 Å². The molecule has 5 aromatic rings. The highest BCUT2D eigenvalue weighted by Gasteiger charge is 2.16. The van der Waals surface area contributed by atoms with Crippen molar-refractivity contribution < 1.29 is 9.13 Å². The third-order valence-corrected chi connectivity index (χ3v) is 5.60. The van der Waals surface area contributed by atoms with Gasteiger partial charge >= 0.3 is 0 Å². The molecule has 8 nitrogen and oxygen atoms in total. The molecule has 2 N–H and O–H groups in total. The third kappa shape index (κ3) is 3.93. The molecule has 0 aliphatic carbocycles. The van der Waals surface area contributed by atoms with Crippen molar-refractivity contribution in [2.45, 2.75) is 6.54 Å². The standard InChI is InChI=1S/C25H20FN7O/c1-34-23-7-6-20(26)25-19(23)10-18(12-27)33(25)9-8-29-24-11-21(31-15-32-24)16-2-4-17(5-3-16)22-13-28-14-30-22/h2-7,10-11,13-15H,8-9H2,1H3,(H,28,30)(H,29,31,32). The molecule has 0 bridgehead atoms. The van der Waals surface area contributed by atoms with Gasteiger partial charge in [0.05, 0.1) is 36.5 Å². The fraction of sp³-hybridized carbons (Fsp3) is 0.120. The summed E-state index contributed by atoms with van der Waals surface area (Å²) in [5.74, 6) is 0.759. The number of ether oxygens (including phenoxy) is 1. The number of aromatic nitrogens is 5. The van der Waals surface area contributed by atoms with Crippen molar-refractivity contribution in [3.63, 3.8) is 0 Å². The van der Waals surface area contributed by atoms with E-state index in [2.05, 4.69) is 31.3 Å². The number of imidazole rings is 1. The largest absolute Gasteiger partial charge is 0.496 e. The van der Waals surface area contributed by atoms with E-state index in [1.807, 2.05) is 30.3 Å². The summed E-state index contributed by atoms with van der Waals surface area (Å²) in [5, 5.41) is 13.4. The Morgan fingerprint density at radius 1 is 1.12 bits per heavy atom. The highest BCUT2D eigenvalue weighted by molar-refractivity contribution is 5.88. The zero-order valence-electron chi connectivity index (χ0n) is 18.3. The molecule has 0 aliphatic heterocycles. The van der Waals surface area contributed by atoms with Crippen LogP contribution in [0.2, 0.25) is 0 Å². The van der Waals surface area contributed by atoms with Gasteiger partial charge in [-0.05, 0) is 23.8 Å². The summed E-state index contributed by atoms with van der Waals surface area (Å²) in [4.78, 5) is 15.8. The van der Waals surface area contributed by atoms with Crippen molar-refractivity contribution in [1.82, 2.24) is 24.5 Å². The number of nitrogens with one attached hydrogen (secondary N) is 2. The van der Waals surface area contributed by atoms with Gasteiger partial charge in [-0.1, -0.05) is 24.3 Å². The SMILES string of the molecule is COc1ccc(F)c2c1cc(C#N)n2CCNc1cc(-c2ccc(-c3cnc[nH]3)cc2)ncn1. The third-order valence-electron chi connectivity index (χ3n) is 5.60. The lowest BCUT2D eigenvalue weighted by atomic mass is 10.1. The van der Waals surface area contributed by atoms with Crippen LogP contribution in [0.3, 0.4) is 0 Å². The maximum atomic E-state index is 14.6. The number of methoxy groups -OCH3 is 1. The molecule has 0 spiro atoms. The van der Waals surface area contributed by atoms with E-state index >= 15 is 0 Å². The second-order valence-electron chi connectivity index (χ2n) is 7.56. The zero-order valence-corrected chi connectivity index (χ0v) is 18.3. The van der Waals surface area contributed by atoms with Crippen molar-refractivity contribution in [3.05, 3.63) is 78.9 Å². The maximum Gasteiger partial charge on any atom is 0.147 e. The van der Waals surface area contributed by atoms with E-state index in [0.29, 0.717) is 41.3 Å². The number of rotatable bonds is 7. The molecule has 0 unspecified atom stereocenters. The minimum absolute atomic E-state index is 0.346. The van der Waals surface area contributed by atoms with E-state index < -0.39 is 5.82 Å². The Hall–Kier alpha value is -4.71. The smallest absolute Gasteiger partial charge is 0.147 e. The van der Waals surface area contributed by atoms with Crippen LogP contribution >= 0.6 is 0 Å². The molecule has 3 aromatic heterocycles. The van der Waals surface area contributed by atoms with Crippen LogP contribution < -0.4 is 10.1 Å². The lowest BCUT2D eigenvalue weighted by Crippen LogP contribution is -2.13. The van der Waals surface area contributed by atoms with E-state index in [4.69, 9.17) is 4.74 Å². The van der Waals surface area contributed by atoms with Crippen LogP contribution in [0.25, 0.3) is 33.4 Å². The summed E-state index contributed by atoms with van der Waals surface area (Å²) in [5.41, 5.74) is 4.41. The second kappa shape index (κ2) is 9.03. The molecule has 0 saturated carbocycles. The molecule has 9 heteroatoms. The van der Waals surface area contributed by atoms with Crippen LogP contribution in [-0.2, 0) is 6.54 Å². The lowest BCUT2D eigenvalue weighted by molar-refractivity contribution is 0.419. The first-order valence-electron chi connectivity index (χ1n) is 10.6. The number of halogens is 1. The summed E-state index contributed by atoms with van der Waals surface area (Å²) in [6.45, 7) is 0.805. The first kappa shape index (κ1) is 21.2. The molecule has 168 valence electrons. The predicted molar refractivity (Wildman–Crippen MR) is 127 cm³/mol. The van der Waals surface area contributed by atoms with Crippen molar-refractivity contribution in [3.8, 4) is 34.3 Å². The minimum atomic E-state index is -0.403. The van der Waals surface area contributed by atoms with E-state index in [0.717, 1.165) is 22.5 Å². The van der Waals surface area contributed by atoms with E-state index in [9.17, 15) is 9.65 Å². The van der Waals surface area contributed by atoms with Crippen LogP contribution in [0, 0.1) is 17.1 Å². The lowest BCUT2D eigenvalue weighted by Gasteiger charge is -2.11. The molecule has 0 fully saturated rings. The van der Waals surface area contributed by atoms with Crippen molar-refractivity contribution in [2.75, 3.05) is 19.0 Å². The molecule has 34 heavy (non-hydrogen) atoms. The zero-order chi connectivity index (χ0) is 23.5. The molecule has 0 radical (unpaired) electrons. The maximum absolute atomic E-state index is 14.6. The Balaban J connectivity index is 1.33. The van der Waals surface area contributed by atoms with Gasteiger partial charge in [-0.15, -0.1) is 0 Å². The monoisotopic (exact) mass is 453 g/mol. The average molecular weight is 453 g/mol. The van der Waals surface area contributed by atoms with Crippen LogP contribution in [0.15, 0.2) is 67.4 Å². The Bertz CT molecular complexity index is 1480. The molecule has 2 aromatic carbocycles. The van der Waals surface area contributed by atoms with Crippen molar-refractivity contribution in [1.29, 1.82) is 5.26 Å². The molecule has 3 heterocycles. The number of anilines is 1. The number of nitrogens with zero attached hydrogens (tertiary/aromatic N) is 5. The molecule has 0 saturated heterocycles. The number of H-pyrrole nitrogens is 1. The molecule has 0 aliphatic rings. The second-order valence-corrected chi connectivity index (χ2v) is 7.56. The van der Waals surface area contributed by atoms with Crippen LogP contribution in [0.1, 0.15) is 5.69 Å². The van der Waals surface area contributed by atoms with E-state index in [1.54, 1.807) is 29.2 Å². The Morgan fingerprint density at radius 2 is 1.94 bits per heavy atom. The van der Waals surface area contributed by atoms with Crippen LogP contribution in [-0.4, -0.2) is 38.2 Å². The van der Waals surface area contributed by atoms with Gasteiger partial charge in [-0.3, -0.25) is 0 Å². The number of aromatic amines is 1. The number of nitriles is 1. The minimum Gasteiger partial charge on any atom is -0.496 e. The quantitative estimate of drug-likeness (QED) is 0.373. The van der Waals surface area contributed by atoms with Crippen molar-refractivity contribution >= 4 is 16.7 Å². The summed E-state index contributed by atoms with van der Waals surface area (Å²) < 4.78 is 21.6. The Kier molecular flexibility index (Phi) is 5.62. The van der Waals surface area contributed by atoms with Gasteiger partial charge in [0.15, 0.2) is 0 Å². The normalized spacial score (nSPS) is 10.9. The van der Waals surface area contributed by atoms with Gasteiger partial charge in [-0.2, -0.15) is 5.26 Å². The summed E-state index contributed by atoms with van der Waals surface area (Å²) in [6, 6.07) is 16.5. The molecule has 0 atom stereocenters. The summed E-state index contributed by atoms with van der Waals surface area (Å²) >= 11 is 0. The highest BCUT2D eigenvalue weighted by Crippen LogP contribution is 2.31. The van der Waals surface area contributed by atoms with Gasteiger partial charge in [-0.25, -0.2) is 19.3 Å². The van der Waals surface area contributed by atoms with E-state index in [1.165, 1.54) is 19.5 Å². The topological polar surface area (TPSA) is 104 Å². The Labute approximate surface area is 194 Å². The van der Waals surface area contributed by atoms with E-state index in [-0.39, 0.29) is 0 Å². The van der Waals surface area contributed by atoms with Crippen LogP contribution in [0.4, 0.5) is 10.2 Å². The molecular weight excluding hydrogens is 433 g/mol. The van der Waals surface area contributed by atoms with Gasteiger partial charge in [0.1, 0.15) is 35.5 Å². The number of benzene rings is 2. The molecule has 5 rings (SSSR count). The molecule has 0 amide bonds. The van der Waals surface area contributed by atoms with Gasteiger partial charge in [0.2, 0.25) is 0 Å². The highest BCUT2D eigenvalue weighted by atomic mass is 19.1. The number of hydrogen-bond acceptors (Lipinski definition) is 6. The van der Waals surface area contributed by atoms with Gasteiger partial charge in [0, 0.05) is 30.1 Å². The molecular formula is C25H20FN7O. The number of hydrogen-bond donors (Lipinski definition) is 2. The first-order chi connectivity index (χ1) is 16.7. The first-order valence-corrected chi connectivity index (χ1v) is 10.6. The average Bonchev–Trinajstić information content (AvgIpc) is 3.54. The van der Waals surface area contributed by atoms with Crippen molar-refractivity contribution in [2.24, 2.45) is 0 Å². The Morgan fingerprint density at radius 3 is 2.68 bits per heavy atom.